The molecule has 0 aliphatic carbocycles. The van der Waals surface area contributed by atoms with Crippen LogP contribution in [0.3, 0.4) is 0 Å². The third-order valence-electron chi connectivity index (χ3n) is 3.69. The topological polar surface area (TPSA) is 24.9 Å². The Hall–Kier alpha value is -0.890. The highest BCUT2D eigenvalue weighted by Gasteiger charge is 2.18. The maximum absolute atomic E-state index is 4.09. The van der Waals surface area contributed by atoms with Crippen molar-refractivity contribution in [1.82, 2.24) is 10.3 Å². The minimum absolute atomic E-state index is 0.606. The lowest BCUT2D eigenvalue weighted by Gasteiger charge is -2.27. The molecule has 1 N–H and O–H groups in total. The Kier molecular flexibility index (Phi) is 7.66. The number of pyridine rings is 1. The minimum Gasteiger partial charge on any atom is -0.314 e. The first-order valence-electron chi connectivity index (χ1n) is 7.44. The van der Waals surface area contributed by atoms with Gasteiger partial charge in [0, 0.05) is 18.4 Å². The SMILES string of the molecule is CCCCC(CC)C(Cc1ccncc1)NCC. The normalized spacial score (nSPS) is 14.4. The number of rotatable bonds is 9. The number of nitrogens with one attached hydrogen (secondary N) is 1. The highest BCUT2D eigenvalue weighted by atomic mass is 14.9. The maximum atomic E-state index is 4.09. The average Bonchev–Trinajstić information content (AvgIpc) is 2.41. The van der Waals surface area contributed by atoms with Gasteiger partial charge in [0.05, 0.1) is 0 Å². The zero-order chi connectivity index (χ0) is 13.2. The minimum atomic E-state index is 0.606. The molecule has 2 unspecified atom stereocenters. The first kappa shape index (κ1) is 15.2. The smallest absolute Gasteiger partial charge is 0.0270 e. The van der Waals surface area contributed by atoms with Crippen molar-refractivity contribution in [2.75, 3.05) is 6.54 Å². The van der Waals surface area contributed by atoms with Gasteiger partial charge in [-0.2, -0.15) is 0 Å². The van der Waals surface area contributed by atoms with Crippen molar-refractivity contribution in [1.29, 1.82) is 0 Å². The molecule has 0 amide bonds. The third-order valence-corrected chi connectivity index (χ3v) is 3.69. The summed E-state index contributed by atoms with van der Waals surface area (Å²) in [5.74, 6) is 0.790. The second-order valence-corrected chi connectivity index (χ2v) is 5.03. The molecule has 1 heterocycles. The van der Waals surface area contributed by atoms with Gasteiger partial charge in [-0.15, -0.1) is 0 Å². The van der Waals surface area contributed by atoms with Crippen molar-refractivity contribution in [3.05, 3.63) is 30.1 Å². The van der Waals surface area contributed by atoms with Crippen LogP contribution in [0, 0.1) is 5.92 Å². The number of likely N-dealkylation sites (N-methyl/N-ethyl adjacent to an activating group) is 1. The van der Waals surface area contributed by atoms with Crippen LogP contribution in [0.4, 0.5) is 0 Å². The molecule has 0 bridgehead atoms. The van der Waals surface area contributed by atoms with Gasteiger partial charge in [-0.25, -0.2) is 0 Å². The van der Waals surface area contributed by atoms with E-state index in [1.165, 1.54) is 31.2 Å². The first-order chi connectivity index (χ1) is 8.81. The Labute approximate surface area is 112 Å². The van der Waals surface area contributed by atoms with Gasteiger partial charge in [0.25, 0.3) is 0 Å². The number of hydrogen-bond donors (Lipinski definition) is 1. The van der Waals surface area contributed by atoms with E-state index in [0.29, 0.717) is 6.04 Å². The zero-order valence-corrected chi connectivity index (χ0v) is 12.2. The van der Waals surface area contributed by atoms with Crippen molar-refractivity contribution in [3.63, 3.8) is 0 Å². The fourth-order valence-electron chi connectivity index (χ4n) is 2.60. The van der Waals surface area contributed by atoms with Crippen LogP contribution in [0.5, 0.6) is 0 Å². The van der Waals surface area contributed by atoms with Crippen LogP contribution in [0.15, 0.2) is 24.5 Å². The number of aromatic nitrogens is 1. The molecule has 0 saturated carbocycles. The molecule has 2 heteroatoms. The third kappa shape index (κ3) is 5.18. The van der Waals surface area contributed by atoms with E-state index in [-0.39, 0.29) is 0 Å². The van der Waals surface area contributed by atoms with Crippen LogP contribution in [0.2, 0.25) is 0 Å². The van der Waals surface area contributed by atoms with Crippen LogP contribution >= 0.6 is 0 Å². The summed E-state index contributed by atoms with van der Waals surface area (Å²) < 4.78 is 0. The maximum Gasteiger partial charge on any atom is 0.0270 e. The summed E-state index contributed by atoms with van der Waals surface area (Å²) in [7, 11) is 0. The predicted molar refractivity (Wildman–Crippen MR) is 78.7 cm³/mol. The molecule has 2 nitrogen and oxygen atoms in total. The molecule has 0 spiro atoms. The van der Waals surface area contributed by atoms with Gasteiger partial charge in [0.15, 0.2) is 0 Å². The van der Waals surface area contributed by atoms with E-state index in [9.17, 15) is 0 Å². The van der Waals surface area contributed by atoms with Crippen molar-refractivity contribution in [3.8, 4) is 0 Å². The van der Waals surface area contributed by atoms with Gasteiger partial charge < -0.3 is 5.32 Å². The molecular formula is C16H28N2. The Morgan fingerprint density at radius 3 is 2.44 bits per heavy atom. The van der Waals surface area contributed by atoms with Gasteiger partial charge in [-0.3, -0.25) is 4.98 Å². The zero-order valence-electron chi connectivity index (χ0n) is 12.2. The van der Waals surface area contributed by atoms with Crippen LogP contribution in [0.25, 0.3) is 0 Å². The lowest BCUT2D eigenvalue weighted by molar-refractivity contribution is 0.319. The average molecular weight is 248 g/mol. The molecular weight excluding hydrogens is 220 g/mol. The van der Waals surface area contributed by atoms with Crippen LogP contribution in [0.1, 0.15) is 52.0 Å². The van der Waals surface area contributed by atoms with E-state index in [1.807, 2.05) is 12.4 Å². The molecule has 0 aliphatic heterocycles. The Balaban J connectivity index is 2.61. The molecule has 0 aromatic carbocycles. The van der Waals surface area contributed by atoms with Gasteiger partial charge in [0.2, 0.25) is 0 Å². The summed E-state index contributed by atoms with van der Waals surface area (Å²) >= 11 is 0. The van der Waals surface area contributed by atoms with Crippen molar-refractivity contribution < 1.29 is 0 Å². The molecule has 0 saturated heterocycles. The monoisotopic (exact) mass is 248 g/mol. The standard InChI is InChI=1S/C16H28N2/c1-4-7-8-15(5-2)16(18-6-3)13-14-9-11-17-12-10-14/h9-12,15-16,18H,4-8,13H2,1-3H3. The van der Waals surface area contributed by atoms with Gasteiger partial charge in [0.1, 0.15) is 0 Å². The molecule has 18 heavy (non-hydrogen) atoms. The van der Waals surface area contributed by atoms with E-state index >= 15 is 0 Å². The fourth-order valence-corrected chi connectivity index (χ4v) is 2.60. The number of hydrogen-bond acceptors (Lipinski definition) is 2. The van der Waals surface area contributed by atoms with Gasteiger partial charge >= 0.3 is 0 Å². The molecule has 0 radical (unpaired) electrons. The van der Waals surface area contributed by atoms with Crippen molar-refractivity contribution >= 4 is 0 Å². The Bertz CT molecular complexity index is 297. The molecule has 0 aliphatic rings. The van der Waals surface area contributed by atoms with Crippen molar-refractivity contribution in [2.24, 2.45) is 5.92 Å². The summed E-state index contributed by atoms with van der Waals surface area (Å²) in [5.41, 5.74) is 1.39. The lowest BCUT2D eigenvalue weighted by atomic mass is 9.87. The molecule has 1 aromatic heterocycles. The summed E-state index contributed by atoms with van der Waals surface area (Å²) in [4.78, 5) is 4.09. The molecule has 1 rings (SSSR count). The molecule has 102 valence electrons. The lowest BCUT2D eigenvalue weighted by Crippen LogP contribution is -2.37. The van der Waals surface area contributed by atoms with Crippen molar-refractivity contribution in [2.45, 2.75) is 58.9 Å². The largest absolute Gasteiger partial charge is 0.314 e. The van der Waals surface area contributed by atoms with E-state index in [0.717, 1.165) is 18.9 Å². The number of nitrogens with zero attached hydrogens (tertiary/aromatic N) is 1. The van der Waals surface area contributed by atoms with Crippen LogP contribution in [-0.4, -0.2) is 17.6 Å². The van der Waals surface area contributed by atoms with E-state index in [4.69, 9.17) is 0 Å². The quantitative estimate of drug-likeness (QED) is 0.718. The summed E-state index contributed by atoms with van der Waals surface area (Å²) in [6, 6.07) is 4.88. The number of unbranched alkanes of at least 4 members (excludes halogenated alkanes) is 1. The van der Waals surface area contributed by atoms with E-state index in [1.54, 1.807) is 0 Å². The van der Waals surface area contributed by atoms with E-state index < -0.39 is 0 Å². The van der Waals surface area contributed by atoms with Crippen LogP contribution < -0.4 is 5.32 Å². The summed E-state index contributed by atoms with van der Waals surface area (Å²) in [6.07, 6.45) is 10.2. The summed E-state index contributed by atoms with van der Waals surface area (Å²) in [6.45, 7) is 7.85. The Morgan fingerprint density at radius 1 is 1.17 bits per heavy atom. The summed E-state index contributed by atoms with van der Waals surface area (Å²) in [5, 5.41) is 3.67. The highest BCUT2D eigenvalue weighted by molar-refractivity contribution is 5.11. The molecule has 2 atom stereocenters. The van der Waals surface area contributed by atoms with Crippen LogP contribution in [-0.2, 0) is 6.42 Å². The van der Waals surface area contributed by atoms with E-state index in [2.05, 4.69) is 43.2 Å². The highest BCUT2D eigenvalue weighted by Crippen LogP contribution is 2.20. The van der Waals surface area contributed by atoms with Gasteiger partial charge in [-0.05, 0) is 43.0 Å². The van der Waals surface area contributed by atoms with Gasteiger partial charge in [-0.1, -0.05) is 40.0 Å². The predicted octanol–water partition coefficient (Wildman–Crippen LogP) is 3.82. The Morgan fingerprint density at radius 2 is 1.89 bits per heavy atom. The fraction of sp³-hybridized carbons (Fsp3) is 0.688. The second-order valence-electron chi connectivity index (χ2n) is 5.03. The second kappa shape index (κ2) is 9.09. The first-order valence-corrected chi connectivity index (χ1v) is 7.44. The molecule has 1 aromatic rings. The molecule has 0 fully saturated rings.